The molecule has 6 atom stereocenters. The minimum absolute atomic E-state index is 0.0476. The van der Waals surface area contributed by atoms with Crippen LogP contribution in [-0.4, -0.2) is 21.8 Å². The monoisotopic (exact) mass is 573 g/mol. The number of fused-ring (bicyclic) bond motifs is 3. The number of aromatic nitrogens is 2. The summed E-state index contributed by atoms with van der Waals surface area (Å²) in [7, 11) is 0. The predicted molar refractivity (Wildman–Crippen MR) is 163 cm³/mol. The van der Waals surface area contributed by atoms with Crippen molar-refractivity contribution in [2.75, 3.05) is 0 Å². The second kappa shape index (κ2) is 10.00. The smallest absolute Gasteiger partial charge is 0.222 e. The molecule has 6 heteroatoms. The van der Waals surface area contributed by atoms with E-state index in [1.807, 2.05) is 26.0 Å². The number of carbonyl (C=O) groups is 2. The van der Waals surface area contributed by atoms with Gasteiger partial charge in [0.25, 0.3) is 0 Å². The van der Waals surface area contributed by atoms with Crippen LogP contribution in [0.25, 0.3) is 0 Å². The Morgan fingerprint density at radius 1 is 1.02 bits per heavy atom. The molecule has 0 amide bonds. The summed E-state index contributed by atoms with van der Waals surface area (Å²) >= 11 is 0. The largest absolute Gasteiger partial charge is 0.425 e. The molecule has 0 bridgehead atoms. The maximum Gasteiger partial charge on any atom is 0.222 e. The number of hydrogen-bond acceptors (Lipinski definition) is 6. The molecule has 0 aliphatic heterocycles. The van der Waals surface area contributed by atoms with Crippen molar-refractivity contribution in [1.82, 2.24) is 10.2 Å². The van der Waals surface area contributed by atoms with Crippen LogP contribution in [0.2, 0.25) is 0 Å². The lowest BCUT2D eigenvalue weighted by Crippen LogP contribution is -2.58. The third kappa shape index (κ3) is 4.47. The van der Waals surface area contributed by atoms with Gasteiger partial charge in [0, 0.05) is 23.7 Å². The van der Waals surface area contributed by atoms with Crippen LogP contribution in [0, 0.1) is 50.2 Å². The summed E-state index contributed by atoms with van der Waals surface area (Å²) in [6.07, 6.45) is 12.9. The Hall–Kier alpha value is -2.55. The van der Waals surface area contributed by atoms with Gasteiger partial charge in [0.15, 0.2) is 11.6 Å². The Morgan fingerprint density at radius 2 is 1.74 bits per heavy atom. The second-order valence-corrected chi connectivity index (χ2v) is 16.4. The first-order valence-electron chi connectivity index (χ1n) is 16.2. The summed E-state index contributed by atoms with van der Waals surface area (Å²) in [6.45, 7) is 20.0. The molecule has 4 aliphatic carbocycles. The predicted octanol–water partition coefficient (Wildman–Crippen LogP) is 8.27. The lowest BCUT2D eigenvalue weighted by Gasteiger charge is -2.63. The molecule has 2 saturated carbocycles. The zero-order chi connectivity index (χ0) is 30.9. The van der Waals surface area contributed by atoms with Crippen LogP contribution in [-0.2, 0) is 21.4 Å². The molecule has 0 aromatic carbocycles. The summed E-state index contributed by atoms with van der Waals surface area (Å²) < 4.78 is 6.40. The van der Waals surface area contributed by atoms with Gasteiger partial charge in [-0.05, 0) is 85.5 Å². The highest BCUT2D eigenvalue weighted by molar-refractivity contribution is 6.04. The van der Waals surface area contributed by atoms with E-state index in [4.69, 9.17) is 4.42 Å². The van der Waals surface area contributed by atoms with Crippen molar-refractivity contribution in [2.45, 2.75) is 132 Å². The summed E-state index contributed by atoms with van der Waals surface area (Å²) in [6, 6.07) is 2.20. The molecule has 0 radical (unpaired) electrons. The summed E-state index contributed by atoms with van der Waals surface area (Å²) in [4.78, 5) is 26.9. The minimum atomic E-state index is -0.657. The van der Waals surface area contributed by atoms with E-state index in [2.05, 4.69) is 64.7 Å². The average molecular weight is 574 g/mol. The van der Waals surface area contributed by atoms with E-state index in [0.717, 1.165) is 75.1 Å². The van der Waals surface area contributed by atoms with Gasteiger partial charge in [-0.15, -0.1) is 10.2 Å². The number of nitriles is 1. The fraction of sp³-hybridized carbons (Fsp3) is 0.750. The molecule has 2 fully saturated rings. The van der Waals surface area contributed by atoms with Crippen LogP contribution in [0.15, 0.2) is 27.7 Å². The van der Waals surface area contributed by atoms with Crippen molar-refractivity contribution in [3.05, 3.63) is 35.1 Å². The van der Waals surface area contributed by atoms with Crippen LogP contribution in [0.3, 0.4) is 0 Å². The second-order valence-electron chi connectivity index (χ2n) is 16.4. The Bertz CT molecular complexity index is 1390. The van der Waals surface area contributed by atoms with Crippen molar-refractivity contribution >= 4 is 11.6 Å². The SMILES string of the molecule is CCCc1nnc([C@]2(CC[C@]3(C)CC(=O)C=C4[C@@]5(C)C=C(C#N)C(=O)C(C)(C)[C@@H]5CC[C@]43C)CCC(C)(C)CC2C)o1. The molecule has 6 nitrogen and oxygen atoms in total. The van der Waals surface area contributed by atoms with Crippen LogP contribution in [0.4, 0.5) is 0 Å². The van der Waals surface area contributed by atoms with Crippen LogP contribution in [0.5, 0.6) is 0 Å². The van der Waals surface area contributed by atoms with E-state index in [9.17, 15) is 14.9 Å². The van der Waals surface area contributed by atoms with E-state index >= 15 is 0 Å². The van der Waals surface area contributed by atoms with Gasteiger partial charge in [-0.3, -0.25) is 9.59 Å². The van der Waals surface area contributed by atoms with Gasteiger partial charge in [0.1, 0.15) is 6.07 Å². The molecule has 228 valence electrons. The summed E-state index contributed by atoms with van der Waals surface area (Å²) in [5, 5.41) is 19.0. The molecule has 0 saturated heterocycles. The van der Waals surface area contributed by atoms with Crippen molar-refractivity contribution in [1.29, 1.82) is 5.26 Å². The van der Waals surface area contributed by atoms with E-state index in [-0.39, 0.29) is 44.7 Å². The number of nitrogens with zero attached hydrogens (tertiary/aromatic N) is 3. The van der Waals surface area contributed by atoms with Gasteiger partial charge >= 0.3 is 0 Å². The number of aryl methyl sites for hydroxylation is 1. The molecule has 42 heavy (non-hydrogen) atoms. The molecule has 1 aromatic heterocycles. The fourth-order valence-corrected chi connectivity index (χ4v) is 9.99. The van der Waals surface area contributed by atoms with E-state index < -0.39 is 10.8 Å². The van der Waals surface area contributed by atoms with Crippen LogP contribution >= 0.6 is 0 Å². The molecule has 1 unspecified atom stereocenters. The maximum atomic E-state index is 13.6. The zero-order valence-electron chi connectivity index (χ0n) is 27.4. The number of ketones is 2. The van der Waals surface area contributed by atoms with Crippen molar-refractivity contribution in [3.63, 3.8) is 0 Å². The van der Waals surface area contributed by atoms with E-state index in [1.54, 1.807) is 0 Å². The van der Waals surface area contributed by atoms with Crippen molar-refractivity contribution in [2.24, 2.45) is 38.9 Å². The molecule has 5 rings (SSSR count). The maximum absolute atomic E-state index is 13.6. The molecule has 1 aromatic rings. The third-order valence-corrected chi connectivity index (χ3v) is 12.8. The van der Waals surface area contributed by atoms with Crippen LogP contribution < -0.4 is 0 Å². The van der Waals surface area contributed by atoms with Gasteiger partial charge in [0.05, 0.1) is 11.0 Å². The number of rotatable bonds is 6. The minimum Gasteiger partial charge on any atom is -0.425 e. The van der Waals surface area contributed by atoms with Gasteiger partial charge < -0.3 is 4.42 Å². The lowest BCUT2D eigenvalue weighted by molar-refractivity contribution is -0.133. The van der Waals surface area contributed by atoms with E-state index in [0.29, 0.717) is 12.3 Å². The first-order chi connectivity index (χ1) is 19.5. The van der Waals surface area contributed by atoms with Crippen LogP contribution in [0.1, 0.15) is 132 Å². The van der Waals surface area contributed by atoms with E-state index in [1.165, 1.54) is 0 Å². The Morgan fingerprint density at radius 3 is 2.38 bits per heavy atom. The Labute approximate surface area is 252 Å². The molecular weight excluding hydrogens is 522 g/mol. The van der Waals surface area contributed by atoms with Gasteiger partial charge in [0.2, 0.25) is 11.8 Å². The highest BCUT2D eigenvalue weighted by atomic mass is 16.4. The van der Waals surface area contributed by atoms with Gasteiger partial charge in [-0.1, -0.05) is 74.0 Å². The molecule has 0 N–H and O–H groups in total. The normalized spacial score (nSPS) is 39.0. The standard InChI is InChI=1S/C36H51N3O3/c1-10-11-28-38-39-30(42-28)36(16-14-31(3,4)19-23(36)2)17-15-33(7)21-25(40)18-27-34(8)20-24(22-37)29(41)32(5,6)26(34)12-13-35(27,33)9/h18,20,23,26H,10-17,19,21H2,1-9H3/t23?,26-,33+,34-,35+,36-/m0/s1. The number of allylic oxidation sites excluding steroid dienone is 4. The molecule has 1 heterocycles. The number of carbonyl (C=O) groups excluding carboxylic acids is 2. The third-order valence-electron chi connectivity index (χ3n) is 12.8. The highest BCUT2D eigenvalue weighted by Crippen LogP contribution is 2.69. The fourth-order valence-electron chi connectivity index (χ4n) is 9.99. The summed E-state index contributed by atoms with van der Waals surface area (Å²) in [5.41, 5.74) is -0.281. The first kappa shape index (κ1) is 30.9. The molecular formula is C36H51N3O3. The number of Topliss-reactive ketones (excluding diaryl/α,β-unsaturated/α-hetero) is 1. The van der Waals surface area contributed by atoms with Crippen molar-refractivity contribution in [3.8, 4) is 6.07 Å². The summed E-state index contributed by atoms with van der Waals surface area (Å²) in [5.74, 6) is 2.02. The topological polar surface area (TPSA) is 96.9 Å². The molecule has 0 spiro atoms. The lowest BCUT2D eigenvalue weighted by atomic mass is 9.40. The van der Waals surface area contributed by atoms with Gasteiger partial charge in [-0.25, -0.2) is 0 Å². The quantitative estimate of drug-likeness (QED) is 0.340. The first-order valence-corrected chi connectivity index (χ1v) is 16.2. The van der Waals surface area contributed by atoms with Gasteiger partial charge in [-0.2, -0.15) is 5.26 Å². The molecule has 4 aliphatic rings. The van der Waals surface area contributed by atoms with Crippen molar-refractivity contribution < 1.29 is 14.0 Å². The zero-order valence-corrected chi connectivity index (χ0v) is 27.4. The Balaban J connectivity index is 1.54. The number of hydrogen-bond donors (Lipinski definition) is 0. The Kier molecular flexibility index (Phi) is 7.35. The average Bonchev–Trinajstić information content (AvgIpc) is 3.36. The highest BCUT2D eigenvalue weighted by Gasteiger charge is 2.63.